The first kappa shape index (κ1) is 21.5. The van der Waals surface area contributed by atoms with E-state index in [1.54, 1.807) is 0 Å². The molecule has 0 aromatic heterocycles. The maximum atomic E-state index is 12.2. The molecule has 2 atom stereocenters. The Kier molecular flexibility index (Phi) is 7.39. The van der Waals surface area contributed by atoms with Gasteiger partial charge in [0.15, 0.2) is 11.9 Å². The monoisotopic (exact) mass is 402 g/mol. The highest BCUT2D eigenvalue weighted by atomic mass is 16.5. The third kappa shape index (κ3) is 5.87. The number of likely N-dealkylation sites (tertiary alicyclic amines) is 1. The number of carbonyl (C=O) groups excluding carboxylic acids is 3. The molecule has 2 saturated heterocycles. The lowest BCUT2D eigenvalue weighted by Crippen LogP contribution is -2.46. The molecule has 2 amide bonds. The van der Waals surface area contributed by atoms with Crippen LogP contribution in [0.1, 0.15) is 51.0 Å². The zero-order valence-corrected chi connectivity index (χ0v) is 17.2. The second-order valence-corrected chi connectivity index (χ2v) is 7.74. The quantitative estimate of drug-likeness (QED) is 0.670. The Morgan fingerprint density at radius 1 is 1.17 bits per heavy atom. The SMILES string of the molecule is CCOC(C)C(=O)CN1CCC(c2ccc(OC3CCC(=O)NC3=O)cc2)CC1. The van der Waals surface area contributed by atoms with E-state index < -0.39 is 6.10 Å². The van der Waals surface area contributed by atoms with Crippen molar-refractivity contribution in [1.29, 1.82) is 0 Å². The number of hydrogen-bond donors (Lipinski definition) is 1. The van der Waals surface area contributed by atoms with Gasteiger partial charge in [0.1, 0.15) is 11.9 Å². The van der Waals surface area contributed by atoms with E-state index in [9.17, 15) is 14.4 Å². The van der Waals surface area contributed by atoms with Crippen LogP contribution in [0, 0.1) is 0 Å². The molecule has 2 aliphatic heterocycles. The maximum Gasteiger partial charge on any atom is 0.267 e. The van der Waals surface area contributed by atoms with Crippen LogP contribution in [-0.2, 0) is 19.1 Å². The lowest BCUT2D eigenvalue weighted by atomic mass is 9.89. The summed E-state index contributed by atoms with van der Waals surface area (Å²) in [6.07, 6.45) is 1.77. The average Bonchev–Trinajstić information content (AvgIpc) is 2.71. The van der Waals surface area contributed by atoms with E-state index in [1.165, 1.54) is 5.56 Å². The van der Waals surface area contributed by atoms with Crippen LogP contribution in [-0.4, -0.2) is 60.9 Å². The number of rotatable bonds is 8. The highest BCUT2D eigenvalue weighted by Gasteiger charge is 2.28. The van der Waals surface area contributed by atoms with Crippen LogP contribution < -0.4 is 10.1 Å². The molecular weight excluding hydrogens is 372 g/mol. The molecule has 0 saturated carbocycles. The molecule has 29 heavy (non-hydrogen) atoms. The number of benzene rings is 1. The zero-order valence-electron chi connectivity index (χ0n) is 17.2. The number of nitrogens with one attached hydrogen (secondary N) is 1. The van der Waals surface area contributed by atoms with Crippen LogP contribution in [0.5, 0.6) is 5.75 Å². The van der Waals surface area contributed by atoms with Crippen LogP contribution in [0.3, 0.4) is 0 Å². The number of carbonyl (C=O) groups is 3. The molecule has 3 rings (SSSR count). The smallest absolute Gasteiger partial charge is 0.267 e. The summed E-state index contributed by atoms with van der Waals surface area (Å²) in [5.41, 5.74) is 1.24. The Balaban J connectivity index is 1.47. The fraction of sp³-hybridized carbons (Fsp3) is 0.591. The predicted molar refractivity (Wildman–Crippen MR) is 108 cm³/mol. The van der Waals surface area contributed by atoms with Crippen LogP contribution in [0.2, 0.25) is 0 Å². The van der Waals surface area contributed by atoms with Gasteiger partial charge in [-0.05, 0) is 63.4 Å². The van der Waals surface area contributed by atoms with Gasteiger partial charge in [-0.15, -0.1) is 0 Å². The van der Waals surface area contributed by atoms with Crippen molar-refractivity contribution < 1.29 is 23.9 Å². The minimum Gasteiger partial charge on any atom is -0.481 e. The van der Waals surface area contributed by atoms with Crippen molar-refractivity contribution >= 4 is 17.6 Å². The Labute approximate surface area is 171 Å². The minimum atomic E-state index is -0.613. The Morgan fingerprint density at radius 2 is 1.86 bits per heavy atom. The van der Waals surface area contributed by atoms with E-state index in [0.29, 0.717) is 37.7 Å². The standard InChI is InChI=1S/C22H30N2O5/c1-3-28-15(2)19(25)14-24-12-10-17(11-13-24)16-4-6-18(7-5-16)29-20-8-9-21(26)23-22(20)27/h4-7,15,17,20H,3,8-14H2,1-2H3,(H,23,26,27). The largest absolute Gasteiger partial charge is 0.481 e. The van der Waals surface area contributed by atoms with Gasteiger partial charge in [0.05, 0.1) is 6.54 Å². The lowest BCUT2D eigenvalue weighted by molar-refractivity contribution is -0.139. The predicted octanol–water partition coefficient (Wildman–Crippen LogP) is 2.04. The van der Waals surface area contributed by atoms with Gasteiger partial charge in [-0.1, -0.05) is 12.1 Å². The van der Waals surface area contributed by atoms with Gasteiger partial charge in [-0.3, -0.25) is 24.6 Å². The molecule has 7 nitrogen and oxygen atoms in total. The van der Waals surface area contributed by atoms with Gasteiger partial charge in [0, 0.05) is 19.4 Å². The summed E-state index contributed by atoms with van der Waals surface area (Å²) in [7, 11) is 0. The number of amides is 2. The molecule has 0 radical (unpaired) electrons. The third-order valence-corrected chi connectivity index (χ3v) is 5.66. The van der Waals surface area contributed by atoms with E-state index in [2.05, 4.69) is 10.2 Å². The molecule has 2 heterocycles. The zero-order chi connectivity index (χ0) is 20.8. The second kappa shape index (κ2) is 9.98. The van der Waals surface area contributed by atoms with E-state index in [4.69, 9.17) is 9.47 Å². The fourth-order valence-electron chi connectivity index (χ4n) is 3.89. The van der Waals surface area contributed by atoms with Crippen molar-refractivity contribution in [2.45, 2.75) is 57.7 Å². The molecule has 1 aromatic rings. The van der Waals surface area contributed by atoms with E-state index in [0.717, 1.165) is 25.9 Å². The molecule has 158 valence electrons. The number of Topliss-reactive ketones (excluding diaryl/α,β-unsaturated/α-hetero) is 1. The van der Waals surface area contributed by atoms with Gasteiger partial charge in [0.2, 0.25) is 5.91 Å². The Bertz CT molecular complexity index is 725. The van der Waals surface area contributed by atoms with Crippen molar-refractivity contribution in [2.24, 2.45) is 0 Å². The highest BCUT2D eigenvalue weighted by molar-refractivity contribution is 5.99. The van der Waals surface area contributed by atoms with Gasteiger partial charge < -0.3 is 9.47 Å². The van der Waals surface area contributed by atoms with E-state index in [1.807, 2.05) is 38.1 Å². The molecule has 2 aliphatic rings. The van der Waals surface area contributed by atoms with E-state index >= 15 is 0 Å². The number of piperidine rings is 2. The lowest BCUT2D eigenvalue weighted by Gasteiger charge is -2.32. The van der Waals surface area contributed by atoms with Crippen LogP contribution in [0.15, 0.2) is 24.3 Å². The molecule has 1 aromatic carbocycles. The van der Waals surface area contributed by atoms with Crippen LogP contribution in [0.4, 0.5) is 0 Å². The number of ketones is 1. The number of ether oxygens (including phenoxy) is 2. The first-order valence-corrected chi connectivity index (χ1v) is 10.4. The Morgan fingerprint density at radius 3 is 2.48 bits per heavy atom. The summed E-state index contributed by atoms with van der Waals surface area (Å²) in [6, 6.07) is 7.87. The summed E-state index contributed by atoms with van der Waals surface area (Å²) in [4.78, 5) is 37.4. The highest BCUT2D eigenvalue weighted by Crippen LogP contribution is 2.29. The van der Waals surface area contributed by atoms with Gasteiger partial charge in [-0.25, -0.2) is 0 Å². The second-order valence-electron chi connectivity index (χ2n) is 7.74. The van der Waals surface area contributed by atoms with Crippen LogP contribution in [0.25, 0.3) is 0 Å². The van der Waals surface area contributed by atoms with Gasteiger partial charge >= 0.3 is 0 Å². The average molecular weight is 402 g/mol. The molecule has 7 heteroatoms. The minimum absolute atomic E-state index is 0.139. The normalized spacial score (nSPS) is 22.2. The summed E-state index contributed by atoms with van der Waals surface area (Å²) in [6.45, 7) is 6.51. The maximum absolute atomic E-state index is 12.2. The van der Waals surface area contributed by atoms with Gasteiger partial charge in [0.25, 0.3) is 5.91 Å². The molecule has 2 unspecified atom stereocenters. The first-order chi connectivity index (χ1) is 14.0. The summed E-state index contributed by atoms with van der Waals surface area (Å²) < 4.78 is 11.1. The number of nitrogens with zero attached hydrogens (tertiary/aromatic N) is 1. The summed E-state index contributed by atoms with van der Waals surface area (Å²) >= 11 is 0. The molecule has 0 aliphatic carbocycles. The summed E-state index contributed by atoms with van der Waals surface area (Å²) in [5, 5.41) is 2.30. The molecular formula is C22H30N2O5. The van der Waals surface area contributed by atoms with Crippen molar-refractivity contribution in [3.8, 4) is 5.75 Å². The van der Waals surface area contributed by atoms with Crippen LogP contribution >= 0.6 is 0 Å². The molecule has 1 N–H and O–H groups in total. The number of imide groups is 1. The molecule has 2 fully saturated rings. The van der Waals surface area contributed by atoms with Crippen molar-refractivity contribution in [1.82, 2.24) is 10.2 Å². The number of hydrogen-bond acceptors (Lipinski definition) is 6. The fourth-order valence-corrected chi connectivity index (χ4v) is 3.89. The first-order valence-electron chi connectivity index (χ1n) is 10.4. The van der Waals surface area contributed by atoms with Crippen molar-refractivity contribution in [3.63, 3.8) is 0 Å². The van der Waals surface area contributed by atoms with Crippen molar-refractivity contribution in [2.75, 3.05) is 26.2 Å². The van der Waals surface area contributed by atoms with Gasteiger partial charge in [-0.2, -0.15) is 0 Å². The molecule has 0 bridgehead atoms. The van der Waals surface area contributed by atoms with Crippen molar-refractivity contribution in [3.05, 3.63) is 29.8 Å². The Hall–Kier alpha value is -2.25. The third-order valence-electron chi connectivity index (χ3n) is 5.66. The van der Waals surface area contributed by atoms with E-state index in [-0.39, 0.29) is 23.7 Å². The summed E-state index contributed by atoms with van der Waals surface area (Å²) in [5.74, 6) is 0.614. The molecule has 0 spiro atoms. The topological polar surface area (TPSA) is 84.9 Å².